The summed E-state index contributed by atoms with van der Waals surface area (Å²) < 4.78 is 0. The number of hydrogen-bond donors (Lipinski definition) is 0. The van der Waals surface area contributed by atoms with E-state index in [2.05, 4.69) is 24.3 Å². The molecule has 1 aromatic rings. The standard InChI is InChI=1S/C11H13/c1-2-6-10(7-3-1)11-8-4-5-9-11/h1-2,6-7,11H,4-5,8-9H2. The molecule has 57 valence electrons. The number of rotatable bonds is 1. The lowest BCUT2D eigenvalue weighted by Gasteiger charge is -2.07. The molecule has 1 aliphatic carbocycles. The van der Waals surface area contributed by atoms with Crippen LogP contribution in [0.5, 0.6) is 0 Å². The van der Waals surface area contributed by atoms with Crippen molar-refractivity contribution >= 4 is 0 Å². The Hall–Kier alpha value is -0.780. The fraction of sp³-hybridized carbons (Fsp3) is 0.455. The Balaban J connectivity index is 2.16. The summed E-state index contributed by atoms with van der Waals surface area (Å²) in [4.78, 5) is 0. The maximum absolute atomic E-state index is 3.14. The summed E-state index contributed by atoms with van der Waals surface area (Å²) in [5, 5.41) is 0. The van der Waals surface area contributed by atoms with E-state index < -0.39 is 0 Å². The normalized spacial score (nSPS) is 18.9. The highest BCUT2D eigenvalue weighted by Crippen LogP contribution is 2.33. The highest BCUT2D eigenvalue weighted by Gasteiger charge is 2.15. The molecule has 0 atom stereocenters. The van der Waals surface area contributed by atoms with Gasteiger partial charge in [-0.05, 0) is 30.4 Å². The topological polar surface area (TPSA) is 0 Å². The van der Waals surface area contributed by atoms with Crippen LogP contribution in [0.4, 0.5) is 0 Å². The summed E-state index contributed by atoms with van der Waals surface area (Å²) in [7, 11) is 0. The van der Waals surface area contributed by atoms with E-state index in [4.69, 9.17) is 0 Å². The first-order valence-corrected chi connectivity index (χ1v) is 4.43. The van der Waals surface area contributed by atoms with Crippen LogP contribution in [0.3, 0.4) is 0 Å². The van der Waals surface area contributed by atoms with Gasteiger partial charge >= 0.3 is 0 Å². The zero-order valence-corrected chi connectivity index (χ0v) is 6.72. The van der Waals surface area contributed by atoms with Gasteiger partial charge in [-0.3, -0.25) is 0 Å². The van der Waals surface area contributed by atoms with Gasteiger partial charge in [-0.1, -0.05) is 37.1 Å². The fourth-order valence-corrected chi connectivity index (χ4v) is 1.92. The first-order valence-electron chi connectivity index (χ1n) is 4.43. The highest BCUT2D eigenvalue weighted by atomic mass is 14.2. The average molecular weight is 145 g/mol. The predicted molar refractivity (Wildman–Crippen MR) is 46.5 cm³/mol. The van der Waals surface area contributed by atoms with Crippen LogP contribution in [0.1, 0.15) is 37.2 Å². The SMILES string of the molecule is [c]1cccc(C2CCCC2)c1. The smallest absolute Gasteiger partial charge is 0.0162 e. The van der Waals surface area contributed by atoms with Gasteiger partial charge in [-0.2, -0.15) is 0 Å². The molecule has 11 heavy (non-hydrogen) atoms. The van der Waals surface area contributed by atoms with Crippen molar-refractivity contribution in [3.05, 3.63) is 35.9 Å². The molecule has 0 spiro atoms. The van der Waals surface area contributed by atoms with Gasteiger partial charge in [0, 0.05) is 0 Å². The van der Waals surface area contributed by atoms with Crippen LogP contribution >= 0.6 is 0 Å². The van der Waals surface area contributed by atoms with E-state index in [1.165, 1.54) is 31.2 Å². The maximum Gasteiger partial charge on any atom is -0.0162 e. The van der Waals surface area contributed by atoms with Crippen molar-refractivity contribution < 1.29 is 0 Å². The zero-order chi connectivity index (χ0) is 7.52. The lowest BCUT2D eigenvalue weighted by molar-refractivity contribution is 0.723. The van der Waals surface area contributed by atoms with Crippen molar-refractivity contribution in [2.24, 2.45) is 0 Å². The molecule has 2 rings (SSSR count). The van der Waals surface area contributed by atoms with Crippen molar-refractivity contribution in [2.45, 2.75) is 31.6 Å². The average Bonchev–Trinajstić information content (AvgIpc) is 2.58. The van der Waals surface area contributed by atoms with Gasteiger partial charge in [0.15, 0.2) is 0 Å². The number of benzene rings is 1. The maximum atomic E-state index is 3.14. The first-order chi connectivity index (χ1) is 5.47. The minimum atomic E-state index is 0.840. The minimum Gasteiger partial charge on any atom is -0.0614 e. The monoisotopic (exact) mass is 145 g/mol. The third-order valence-corrected chi connectivity index (χ3v) is 2.56. The summed E-state index contributed by atoms with van der Waals surface area (Å²) in [5.41, 5.74) is 1.49. The lowest BCUT2D eigenvalue weighted by Crippen LogP contribution is -1.90. The molecular weight excluding hydrogens is 132 g/mol. The lowest BCUT2D eigenvalue weighted by atomic mass is 9.98. The van der Waals surface area contributed by atoms with Gasteiger partial charge < -0.3 is 0 Å². The second-order valence-electron chi connectivity index (χ2n) is 3.32. The zero-order valence-electron chi connectivity index (χ0n) is 6.72. The minimum absolute atomic E-state index is 0.840. The Labute approximate surface area is 68.3 Å². The summed E-state index contributed by atoms with van der Waals surface area (Å²) >= 11 is 0. The predicted octanol–water partition coefficient (Wildman–Crippen LogP) is 3.14. The summed E-state index contributed by atoms with van der Waals surface area (Å²) in [6, 6.07) is 11.6. The van der Waals surface area contributed by atoms with Gasteiger partial charge in [-0.25, -0.2) is 0 Å². The molecule has 0 unspecified atom stereocenters. The van der Waals surface area contributed by atoms with Crippen molar-refractivity contribution in [3.8, 4) is 0 Å². The molecule has 0 heteroatoms. The number of hydrogen-bond acceptors (Lipinski definition) is 0. The fourth-order valence-electron chi connectivity index (χ4n) is 1.92. The van der Waals surface area contributed by atoms with Crippen LogP contribution in [0, 0.1) is 6.07 Å². The van der Waals surface area contributed by atoms with Crippen molar-refractivity contribution in [2.75, 3.05) is 0 Å². The largest absolute Gasteiger partial charge is 0.0614 e. The van der Waals surface area contributed by atoms with Gasteiger partial charge in [-0.15, -0.1) is 0 Å². The van der Waals surface area contributed by atoms with E-state index in [1.54, 1.807) is 0 Å². The molecule has 0 N–H and O–H groups in total. The van der Waals surface area contributed by atoms with Gasteiger partial charge in [0.2, 0.25) is 0 Å². The molecule has 1 fully saturated rings. The first kappa shape index (κ1) is 6.90. The van der Waals surface area contributed by atoms with E-state index in [0.717, 1.165) is 5.92 Å². The molecule has 1 aliphatic rings. The molecule has 0 nitrogen and oxygen atoms in total. The van der Waals surface area contributed by atoms with E-state index in [-0.39, 0.29) is 0 Å². The van der Waals surface area contributed by atoms with Gasteiger partial charge in [0.25, 0.3) is 0 Å². The summed E-state index contributed by atoms with van der Waals surface area (Å²) in [6.07, 6.45) is 5.61. The third kappa shape index (κ3) is 1.45. The Bertz CT molecular complexity index is 207. The van der Waals surface area contributed by atoms with Crippen LogP contribution in [-0.4, -0.2) is 0 Å². The molecular formula is C11H13. The van der Waals surface area contributed by atoms with Gasteiger partial charge in [0.05, 0.1) is 0 Å². The second-order valence-corrected chi connectivity index (χ2v) is 3.32. The Morgan fingerprint density at radius 2 is 2.09 bits per heavy atom. The van der Waals surface area contributed by atoms with Crippen molar-refractivity contribution in [1.29, 1.82) is 0 Å². The van der Waals surface area contributed by atoms with E-state index >= 15 is 0 Å². The van der Waals surface area contributed by atoms with E-state index in [0.29, 0.717) is 0 Å². The van der Waals surface area contributed by atoms with Crippen molar-refractivity contribution in [3.63, 3.8) is 0 Å². The Morgan fingerprint density at radius 3 is 2.73 bits per heavy atom. The molecule has 0 heterocycles. The Kier molecular flexibility index (Phi) is 1.93. The molecule has 1 radical (unpaired) electrons. The molecule has 0 saturated heterocycles. The Morgan fingerprint density at radius 1 is 1.27 bits per heavy atom. The third-order valence-electron chi connectivity index (χ3n) is 2.56. The van der Waals surface area contributed by atoms with Crippen LogP contribution in [-0.2, 0) is 0 Å². The second kappa shape index (κ2) is 3.08. The summed E-state index contributed by atoms with van der Waals surface area (Å²) in [5.74, 6) is 0.840. The highest BCUT2D eigenvalue weighted by molar-refractivity contribution is 5.19. The van der Waals surface area contributed by atoms with Crippen LogP contribution in [0.25, 0.3) is 0 Å². The van der Waals surface area contributed by atoms with Crippen LogP contribution in [0.15, 0.2) is 24.3 Å². The molecule has 1 saturated carbocycles. The van der Waals surface area contributed by atoms with Crippen molar-refractivity contribution in [1.82, 2.24) is 0 Å². The van der Waals surface area contributed by atoms with E-state index in [9.17, 15) is 0 Å². The molecule has 1 aromatic carbocycles. The van der Waals surface area contributed by atoms with E-state index in [1.807, 2.05) is 6.07 Å². The van der Waals surface area contributed by atoms with Crippen LogP contribution in [0.2, 0.25) is 0 Å². The quantitative estimate of drug-likeness (QED) is 0.569. The van der Waals surface area contributed by atoms with Gasteiger partial charge in [0.1, 0.15) is 0 Å². The molecule has 0 aliphatic heterocycles. The summed E-state index contributed by atoms with van der Waals surface area (Å²) in [6.45, 7) is 0. The molecule has 0 bridgehead atoms. The van der Waals surface area contributed by atoms with Crippen LogP contribution < -0.4 is 0 Å². The molecule has 0 aromatic heterocycles. The molecule has 0 amide bonds.